The maximum Gasteiger partial charge on any atom is 0.360 e. The number of benzene rings is 2. The molecule has 0 aliphatic carbocycles. The molecule has 0 spiro atoms. The standard InChI is InChI=1S/C24H21N3O5/c1-2-32-24(31)22-16-27(26-25-22)23-6-4-3-5-18(23)10-14-21(30)15-20(29)13-9-17-7-11-19(28)12-8-17/h3-14,16,28H,2,15H2,1H3/b13-9+,14-10+. The molecule has 1 N–H and O–H groups in total. The molecule has 0 aliphatic rings. The Labute approximate surface area is 184 Å². The van der Waals surface area contributed by atoms with Gasteiger partial charge in [-0.15, -0.1) is 5.10 Å². The third-order valence-electron chi connectivity index (χ3n) is 4.31. The largest absolute Gasteiger partial charge is 0.508 e. The highest BCUT2D eigenvalue weighted by Gasteiger charge is 2.13. The molecular formula is C24H21N3O5. The number of ether oxygens (including phenoxy) is 1. The molecule has 3 aromatic rings. The molecule has 0 saturated heterocycles. The summed E-state index contributed by atoms with van der Waals surface area (Å²) in [7, 11) is 0. The number of hydrogen-bond acceptors (Lipinski definition) is 7. The Bertz CT molecular complexity index is 1180. The van der Waals surface area contributed by atoms with E-state index in [0.29, 0.717) is 11.3 Å². The second-order valence-corrected chi connectivity index (χ2v) is 6.70. The van der Waals surface area contributed by atoms with Crippen molar-refractivity contribution in [2.24, 2.45) is 0 Å². The number of allylic oxidation sites excluding steroid dienone is 2. The van der Waals surface area contributed by atoms with E-state index in [9.17, 15) is 19.5 Å². The van der Waals surface area contributed by atoms with Crippen LogP contribution in [0.5, 0.6) is 5.75 Å². The molecule has 0 amide bonds. The fourth-order valence-corrected chi connectivity index (χ4v) is 2.76. The maximum absolute atomic E-state index is 12.2. The van der Waals surface area contributed by atoms with Gasteiger partial charge in [0.1, 0.15) is 5.75 Å². The van der Waals surface area contributed by atoms with E-state index in [1.807, 2.05) is 0 Å². The van der Waals surface area contributed by atoms with Gasteiger partial charge in [-0.25, -0.2) is 9.48 Å². The number of esters is 1. The molecule has 162 valence electrons. The number of ketones is 2. The molecule has 2 aromatic carbocycles. The predicted molar refractivity (Wildman–Crippen MR) is 118 cm³/mol. The predicted octanol–water partition coefficient (Wildman–Crippen LogP) is 3.40. The Balaban J connectivity index is 1.66. The summed E-state index contributed by atoms with van der Waals surface area (Å²) in [5, 5.41) is 17.0. The summed E-state index contributed by atoms with van der Waals surface area (Å²) in [5.41, 5.74) is 2.09. The molecule has 0 bridgehead atoms. The second-order valence-electron chi connectivity index (χ2n) is 6.70. The Kier molecular flexibility index (Phi) is 7.42. The van der Waals surface area contributed by atoms with Gasteiger partial charge in [-0.3, -0.25) is 9.59 Å². The summed E-state index contributed by atoms with van der Waals surface area (Å²) in [4.78, 5) is 36.1. The Hall–Kier alpha value is -4.33. The van der Waals surface area contributed by atoms with Crippen LogP contribution >= 0.6 is 0 Å². The van der Waals surface area contributed by atoms with Crippen LogP contribution in [0.3, 0.4) is 0 Å². The number of phenolic OH excluding ortho intramolecular Hbond substituents is 1. The van der Waals surface area contributed by atoms with E-state index in [-0.39, 0.29) is 36.0 Å². The maximum atomic E-state index is 12.2. The first-order chi connectivity index (χ1) is 15.5. The highest BCUT2D eigenvalue weighted by molar-refractivity contribution is 6.11. The topological polar surface area (TPSA) is 111 Å². The average molecular weight is 431 g/mol. The average Bonchev–Trinajstić information content (AvgIpc) is 3.28. The number of aromatic nitrogens is 3. The van der Waals surface area contributed by atoms with Crippen molar-refractivity contribution in [3.05, 3.63) is 83.7 Å². The van der Waals surface area contributed by atoms with Crippen molar-refractivity contribution in [2.45, 2.75) is 13.3 Å². The second kappa shape index (κ2) is 10.6. The summed E-state index contributed by atoms with van der Waals surface area (Å²) in [6.07, 6.45) is 7.00. The monoisotopic (exact) mass is 431 g/mol. The Morgan fingerprint density at radius 3 is 2.41 bits per heavy atom. The molecule has 1 aromatic heterocycles. The van der Waals surface area contributed by atoms with E-state index >= 15 is 0 Å². The van der Waals surface area contributed by atoms with Crippen LogP contribution in [0.2, 0.25) is 0 Å². The Morgan fingerprint density at radius 2 is 1.69 bits per heavy atom. The molecule has 0 radical (unpaired) electrons. The third-order valence-corrected chi connectivity index (χ3v) is 4.31. The van der Waals surface area contributed by atoms with Gasteiger partial charge in [-0.05, 0) is 48.9 Å². The lowest BCUT2D eigenvalue weighted by Gasteiger charge is -2.04. The van der Waals surface area contributed by atoms with E-state index in [0.717, 1.165) is 5.56 Å². The van der Waals surface area contributed by atoms with E-state index in [1.165, 1.54) is 35.2 Å². The highest BCUT2D eigenvalue weighted by Crippen LogP contribution is 2.16. The summed E-state index contributed by atoms with van der Waals surface area (Å²) in [6, 6.07) is 13.5. The van der Waals surface area contributed by atoms with E-state index in [2.05, 4.69) is 10.3 Å². The van der Waals surface area contributed by atoms with Crippen LogP contribution in [0.25, 0.3) is 17.8 Å². The molecule has 8 nitrogen and oxygen atoms in total. The van der Waals surface area contributed by atoms with Crippen LogP contribution in [0, 0.1) is 0 Å². The summed E-state index contributed by atoms with van der Waals surface area (Å²) < 4.78 is 6.33. The van der Waals surface area contributed by atoms with Crippen LogP contribution in [0.1, 0.15) is 35.0 Å². The van der Waals surface area contributed by atoms with Crippen LogP contribution in [0.15, 0.2) is 66.9 Å². The van der Waals surface area contributed by atoms with Gasteiger partial charge in [-0.2, -0.15) is 0 Å². The van der Waals surface area contributed by atoms with Crippen molar-refractivity contribution in [3.8, 4) is 11.4 Å². The number of phenols is 1. The Morgan fingerprint density at radius 1 is 1.00 bits per heavy atom. The number of hydrogen-bond donors (Lipinski definition) is 1. The molecular weight excluding hydrogens is 410 g/mol. The quantitative estimate of drug-likeness (QED) is 0.314. The van der Waals surface area contributed by atoms with Crippen LogP contribution in [0.4, 0.5) is 0 Å². The zero-order valence-electron chi connectivity index (χ0n) is 17.3. The SMILES string of the molecule is CCOC(=O)c1cn(-c2ccccc2/C=C/C(=O)CC(=O)/C=C/c2ccc(O)cc2)nn1. The minimum atomic E-state index is -0.569. The van der Waals surface area contributed by atoms with Crippen LogP contribution in [-0.4, -0.2) is 44.2 Å². The summed E-state index contributed by atoms with van der Waals surface area (Å²) in [6.45, 7) is 1.93. The van der Waals surface area contributed by atoms with Crippen molar-refractivity contribution in [1.29, 1.82) is 0 Å². The molecule has 0 saturated carbocycles. The van der Waals surface area contributed by atoms with Gasteiger partial charge in [0.15, 0.2) is 17.3 Å². The van der Waals surface area contributed by atoms with Crippen LogP contribution in [-0.2, 0) is 14.3 Å². The number of carbonyl (C=O) groups is 3. The van der Waals surface area contributed by atoms with E-state index in [4.69, 9.17) is 4.74 Å². The van der Waals surface area contributed by atoms with Gasteiger partial charge in [-0.1, -0.05) is 41.6 Å². The lowest BCUT2D eigenvalue weighted by molar-refractivity contribution is -0.121. The van der Waals surface area contributed by atoms with Crippen molar-refractivity contribution < 1.29 is 24.2 Å². The van der Waals surface area contributed by atoms with Gasteiger partial charge < -0.3 is 9.84 Å². The first kappa shape index (κ1) is 22.4. The van der Waals surface area contributed by atoms with Gasteiger partial charge in [0, 0.05) is 5.56 Å². The van der Waals surface area contributed by atoms with Crippen molar-refractivity contribution in [3.63, 3.8) is 0 Å². The molecule has 0 aliphatic heterocycles. The normalized spacial score (nSPS) is 11.2. The number of para-hydroxylation sites is 1. The van der Waals surface area contributed by atoms with E-state index < -0.39 is 5.97 Å². The number of aromatic hydroxyl groups is 1. The fourth-order valence-electron chi connectivity index (χ4n) is 2.76. The lowest BCUT2D eigenvalue weighted by Crippen LogP contribution is -2.04. The molecule has 0 atom stereocenters. The van der Waals surface area contributed by atoms with Gasteiger partial charge in [0.2, 0.25) is 0 Å². The summed E-state index contributed by atoms with van der Waals surface area (Å²) >= 11 is 0. The van der Waals surface area contributed by atoms with Gasteiger partial charge >= 0.3 is 5.97 Å². The van der Waals surface area contributed by atoms with Crippen molar-refractivity contribution in [2.75, 3.05) is 6.61 Å². The number of carbonyl (C=O) groups excluding carboxylic acids is 3. The minimum Gasteiger partial charge on any atom is -0.508 e. The number of nitrogens with zero attached hydrogens (tertiary/aromatic N) is 3. The molecule has 0 fully saturated rings. The first-order valence-electron chi connectivity index (χ1n) is 9.86. The van der Waals surface area contributed by atoms with Crippen molar-refractivity contribution in [1.82, 2.24) is 15.0 Å². The third kappa shape index (κ3) is 6.09. The highest BCUT2D eigenvalue weighted by atomic mass is 16.5. The molecule has 32 heavy (non-hydrogen) atoms. The molecule has 0 unspecified atom stereocenters. The molecule has 1 heterocycles. The minimum absolute atomic E-state index is 0.0766. The van der Waals surface area contributed by atoms with Gasteiger partial charge in [0.25, 0.3) is 0 Å². The number of rotatable bonds is 9. The molecule has 8 heteroatoms. The fraction of sp³-hybridized carbons (Fsp3) is 0.125. The summed E-state index contributed by atoms with van der Waals surface area (Å²) in [5.74, 6) is -1.12. The van der Waals surface area contributed by atoms with Gasteiger partial charge in [0.05, 0.1) is 24.9 Å². The zero-order chi connectivity index (χ0) is 22.9. The smallest absolute Gasteiger partial charge is 0.360 e. The van der Waals surface area contributed by atoms with E-state index in [1.54, 1.807) is 55.5 Å². The first-order valence-corrected chi connectivity index (χ1v) is 9.86. The van der Waals surface area contributed by atoms with Crippen LogP contribution < -0.4 is 0 Å². The molecule has 3 rings (SSSR count). The van der Waals surface area contributed by atoms with Crippen molar-refractivity contribution >= 4 is 29.7 Å². The lowest BCUT2D eigenvalue weighted by atomic mass is 10.1. The zero-order valence-corrected chi connectivity index (χ0v) is 17.3.